The number of aromatic nitrogens is 1. The Bertz CT molecular complexity index is 710. The fraction of sp³-hybridized carbons (Fsp3) is 0.444. The van der Waals surface area contributed by atoms with E-state index in [-0.39, 0.29) is 17.9 Å². The third-order valence-corrected chi connectivity index (χ3v) is 3.73. The lowest BCUT2D eigenvalue weighted by molar-refractivity contribution is -0.117. The van der Waals surface area contributed by atoms with Crippen molar-refractivity contribution in [1.29, 1.82) is 0 Å². The van der Waals surface area contributed by atoms with E-state index in [2.05, 4.69) is 10.5 Å². The lowest BCUT2D eigenvalue weighted by Crippen LogP contribution is -2.33. The maximum absolute atomic E-state index is 12.1. The summed E-state index contributed by atoms with van der Waals surface area (Å²) in [5.74, 6) is 0.905. The number of halogens is 1. The Balaban J connectivity index is 1.73. The van der Waals surface area contributed by atoms with E-state index in [1.54, 1.807) is 18.2 Å². The van der Waals surface area contributed by atoms with Crippen LogP contribution in [0.1, 0.15) is 26.5 Å². The molecule has 1 aromatic heterocycles. The van der Waals surface area contributed by atoms with Crippen LogP contribution >= 0.6 is 11.6 Å². The molecule has 0 saturated heterocycles. The predicted molar refractivity (Wildman–Crippen MR) is 98.3 cm³/mol. The zero-order chi connectivity index (χ0) is 18.4. The van der Waals surface area contributed by atoms with E-state index in [0.29, 0.717) is 29.8 Å². The third kappa shape index (κ3) is 6.40. The highest BCUT2D eigenvalue weighted by Gasteiger charge is 2.19. The molecule has 1 amide bonds. The molecule has 0 spiro atoms. The number of amides is 1. The molecule has 25 heavy (non-hydrogen) atoms. The number of rotatable bonds is 7. The summed E-state index contributed by atoms with van der Waals surface area (Å²) in [6.45, 7) is 7.38. The number of hydrogen-bond donors (Lipinski definition) is 1. The molecular weight excluding hydrogens is 342 g/mol. The van der Waals surface area contributed by atoms with Gasteiger partial charge in [0.2, 0.25) is 11.8 Å². The van der Waals surface area contributed by atoms with Crippen LogP contribution in [0, 0.1) is 0 Å². The molecule has 0 saturated carbocycles. The summed E-state index contributed by atoms with van der Waals surface area (Å²) in [5.41, 5.74) is 0.673. The Morgan fingerprint density at radius 2 is 2.12 bits per heavy atom. The molecular formula is C18H24ClN3O3. The maximum Gasteiger partial charge on any atom is 0.240 e. The third-order valence-electron chi connectivity index (χ3n) is 3.49. The molecule has 1 heterocycles. The van der Waals surface area contributed by atoms with Crippen LogP contribution in [0.3, 0.4) is 0 Å². The zero-order valence-electron chi connectivity index (χ0n) is 15.0. The summed E-state index contributed by atoms with van der Waals surface area (Å²) < 4.78 is 10.8. The first-order valence-corrected chi connectivity index (χ1v) is 8.46. The number of nitrogens with zero attached hydrogens (tertiary/aromatic N) is 2. The highest BCUT2D eigenvalue weighted by Crippen LogP contribution is 2.23. The second kappa shape index (κ2) is 8.36. The van der Waals surface area contributed by atoms with Gasteiger partial charge in [-0.05, 0) is 25.2 Å². The van der Waals surface area contributed by atoms with Gasteiger partial charge in [0.15, 0.2) is 0 Å². The zero-order valence-corrected chi connectivity index (χ0v) is 15.8. The topological polar surface area (TPSA) is 67.6 Å². The van der Waals surface area contributed by atoms with Gasteiger partial charge in [-0.25, -0.2) is 0 Å². The van der Waals surface area contributed by atoms with Crippen molar-refractivity contribution < 1.29 is 14.1 Å². The molecule has 0 bridgehead atoms. The Morgan fingerprint density at radius 1 is 1.36 bits per heavy atom. The van der Waals surface area contributed by atoms with Crippen LogP contribution in [0.15, 0.2) is 34.9 Å². The van der Waals surface area contributed by atoms with Crippen LogP contribution in [0.25, 0.3) is 0 Å². The summed E-state index contributed by atoms with van der Waals surface area (Å²) >= 11 is 5.90. The quantitative estimate of drug-likeness (QED) is 0.812. The largest absolute Gasteiger partial charge is 0.492 e. The Labute approximate surface area is 153 Å². The molecule has 1 N–H and O–H groups in total. The minimum atomic E-state index is -0.165. The van der Waals surface area contributed by atoms with Crippen molar-refractivity contribution in [3.63, 3.8) is 0 Å². The molecule has 2 rings (SSSR count). The van der Waals surface area contributed by atoms with Gasteiger partial charge in [-0.1, -0.05) is 43.6 Å². The van der Waals surface area contributed by atoms with Crippen LogP contribution in [0.2, 0.25) is 5.02 Å². The number of carbonyl (C=O) groups excluding carboxylic acids is 1. The van der Waals surface area contributed by atoms with E-state index in [9.17, 15) is 4.79 Å². The van der Waals surface area contributed by atoms with Crippen molar-refractivity contribution in [1.82, 2.24) is 10.1 Å². The van der Waals surface area contributed by atoms with E-state index in [0.717, 1.165) is 5.69 Å². The Morgan fingerprint density at radius 3 is 2.76 bits per heavy atom. The number of likely N-dealkylation sites (N-methyl/N-ethyl adjacent to an activating group) is 1. The first-order chi connectivity index (χ1) is 11.7. The number of nitrogens with one attached hydrogen (secondary N) is 1. The van der Waals surface area contributed by atoms with Crippen molar-refractivity contribution in [2.75, 3.05) is 32.1 Å². The number of carbonyl (C=O) groups is 1. The molecule has 7 heteroatoms. The van der Waals surface area contributed by atoms with Gasteiger partial charge in [0.05, 0.1) is 12.2 Å². The molecule has 1 aromatic carbocycles. The summed E-state index contributed by atoms with van der Waals surface area (Å²) in [5, 5.41) is 7.32. The second-order valence-corrected chi connectivity index (χ2v) is 7.35. The van der Waals surface area contributed by atoms with Gasteiger partial charge in [-0.3, -0.25) is 15.0 Å². The van der Waals surface area contributed by atoms with Crippen molar-refractivity contribution >= 4 is 23.4 Å². The highest BCUT2D eigenvalue weighted by atomic mass is 35.5. The molecule has 0 aliphatic heterocycles. The summed E-state index contributed by atoms with van der Waals surface area (Å²) in [7, 11) is 1.85. The van der Waals surface area contributed by atoms with Gasteiger partial charge in [-0.2, -0.15) is 0 Å². The highest BCUT2D eigenvalue weighted by molar-refractivity contribution is 6.30. The summed E-state index contributed by atoms with van der Waals surface area (Å²) in [6, 6.07) is 8.97. The molecule has 0 atom stereocenters. The first kappa shape index (κ1) is 19.3. The van der Waals surface area contributed by atoms with E-state index >= 15 is 0 Å². The SMILES string of the molecule is CN(CCOc1cccc(Cl)c1)CC(=O)Nc1cc(C(C)(C)C)no1. The Kier molecular flexibility index (Phi) is 6.45. The number of hydrogen-bond acceptors (Lipinski definition) is 5. The van der Waals surface area contributed by atoms with Crippen LogP contribution in [0.5, 0.6) is 5.75 Å². The minimum absolute atomic E-state index is 0.124. The van der Waals surface area contributed by atoms with Gasteiger partial charge in [-0.15, -0.1) is 0 Å². The van der Waals surface area contributed by atoms with Gasteiger partial charge in [0.1, 0.15) is 12.4 Å². The van der Waals surface area contributed by atoms with Gasteiger partial charge in [0, 0.05) is 23.0 Å². The number of anilines is 1. The van der Waals surface area contributed by atoms with E-state index in [4.69, 9.17) is 20.9 Å². The fourth-order valence-corrected chi connectivity index (χ4v) is 2.25. The first-order valence-electron chi connectivity index (χ1n) is 8.08. The molecule has 0 aliphatic rings. The fourth-order valence-electron chi connectivity index (χ4n) is 2.06. The van der Waals surface area contributed by atoms with Gasteiger partial charge in [0.25, 0.3) is 0 Å². The van der Waals surface area contributed by atoms with Crippen LogP contribution in [0.4, 0.5) is 5.88 Å². The standard InChI is InChI=1S/C18H24ClN3O3/c1-18(2,3)15-11-17(25-21-15)20-16(23)12-22(4)8-9-24-14-7-5-6-13(19)10-14/h5-7,10-11H,8-9,12H2,1-4H3,(H,20,23). The smallest absolute Gasteiger partial charge is 0.240 e. The van der Waals surface area contributed by atoms with E-state index in [1.807, 2.05) is 44.9 Å². The monoisotopic (exact) mass is 365 g/mol. The lowest BCUT2D eigenvalue weighted by atomic mass is 9.92. The van der Waals surface area contributed by atoms with Crippen LogP contribution in [-0.4, -0.2) is 42.7 Å². The van der Waals surface area contributed by atoms with Gasteiger partial charge < -0.3 is 9.26 Å². The van der Waals surface area contributed by atoms with Gasteiger partial charge >= 0.3 is 0 Å². The summed E-state index contributed by atoms with van der Waals surface area (Å²) in [6.07, 6.45) is 0. The summed E-state index contributed by atoms with van der Waals surface area (Å²) in [4.78, 5) is 13.9. The molecule has 136 valence electrons. The Hall–Kier alpha value is -2.05. The van der Waals surface area contributed by atoms with E-state index in [1.165, 1.54) is 0 Å². The lowest BCUT2D eigenvalue weighted by Gasteiger charge is -2.16. The minimum Gasteiger partial charge on any atom is -0.492 e. The van der Waals surface area contributed by atoms with Crippen molar-refractivity contribution in [3.05, 3.63) is 41.0 Å². The number of benzene rings is 1. The molecule has 0 unspecified atom stereocenters. The van der Waals surface area contributed by atoms with Crippen molar-refractivity contribution in [2.24, 2.45) is 0 Å². The molecule has 6 nitrogen and oxygen atoms in total. The normalized spacial score (nSPS) is 11.6. The van der Waals surface area contributed by atoms with Crippen molar-refractivity contribution in [3.8, 4) is 5.75 Å². The van der Waals surface area contributed by atoms with E-state index < -0.39 is 0 Å². The molecule has 0 fully saturated rings. The average Bonchev–Trinajstić information content (AvgIpc) is 2.95. The molecule has 2 aromatic rings. The molecule has 0 aliphatic carbocycles. The maximum atomic E-state index is 12.1. The molecule has 0 radical (unpaired) electrons. The average molecular weight is 366 g/mol. The van der Waals surface area contributed by atoms with Crippen molar-refractivity contribution in [2.45, 2.75) is 26.2 Å². The second-order valence-electron chi connectivity index (χ2n) is 6.92. The number of ether oxygens (including phenoxy) is 1. The van der Waals surface area contributed by atoms with Crippen LogP contribution < -0.4 is 10.1 Å². The van der Waals surface area contributed by atoms with Crippen LogP contribution in [-0.2, 0) is 10.2 Å². The predicted octanol–water partition coefficient (Wildman–Crippen LogP) is 3.57.